The van der Waals surface area contributed by atoms with Gasteiger partial charge in [0.1, 0.15) is 17.5 Å². The van der Waals surface area contributed by atoms with Crippen molar-refractivity contribution >= 4 is 17.5 Å². The summed E-state index contributed by atoms with van der Waals surface area (Å²) in [5.41, 5.74) is 0.00211. The molecule has 1 atom stereocenters. The zero-order valence-electron chi connectivity index (χ0n) is 14.4. The van der Waals surface area contributed by atoms with E-state index in [9.17, 15) is 18.4 Å². The van der Waals surface area contributed by atoms with Gasteiger partial charge < -0.3 is 14.8 Å². The highest BCUT2D eigenvalue weighted by atomic mass is 19.1. The number of benzene rings is 1. The maximum atomic E-state index is 13.9. The summed E-state index contributed by atoms with van der Waals surface area (Å²) in [5, 5.41) is 2.82. The van der Waals surface area contributed by atoms with Gasteiger partial charge >= 0.3 is 0 Å². The van der Waals surface area contributed by atoms with E-state index < -0.39 is 17.6 Å². The minimum atomic E-state index is -0.810. The molecule has 0 bridgehead atoms. The van der Waals surface area contributed by atoms with Crippen LogP contribution in [0.1, 0.15) is 18.7 Å². The fourth-order valence-electron chi connectivity index (χ4n) is 3.06. The minimum Gasteiger partial charge on any atom is -0.356 e. The summed E-state index contributed by atoms with van der Waals surface area (Å²) in [6, 6.07) is 3.04. The number of rotatable bonds is 6. The lowest BCUT2D eigenvalue weighted by atomic mass is 10.1. The molecule has 0 radical (unpaired) electrons. The lowest BCUT2D eigenvalue weighted by molar-refractivity contribution is -0.126. The summed E-state index contributed by atoms with van der Waals surface area (Å²) in [7, 11) is 0. The number of nitrogens with one attached hydrogen (secondary N) is 1. The number of amides is 2. The quantitative estimate of drug-likeness (QED) is 0.800. The zero-order valence-corrected chi connectivity index (χ0v) is 14.4. The van der Waals surface area contributed by atoms with Crippen molar-refractivity contribution in [2.24, 2.45) is 5.92 Å². The van der Waals surface area contributed by atoms with Crippen molar-refractivity contribution in [1.82, 2.24) is 14.9 Å². The van der Waals surface area contributed by atoms with Gasteiger partial charge in [-0.2, -0.15) is 0 Å². The molecular weight excluding hydrogens is 342 g/mol. The van der Waals surface area contributed by atoms with Gasteiger partial charge in [-0.05, 0) is 25.5 Å². The van der Waals surface area contributed by atoms with Crippen LogP contribution < -0.4 is 10.2 Å². The fourth-order valence-corrected chi connectivity index (χ4v) is 3.06. The van der Waals surface area contributed by atoms with Crippen molar-refractivity contribution in [2.75, 3.05) is 18.0 Å². The van der Waals surface area contributed by atoms with E-state index in [2.05, 4.69) is 10.3 Å². The molecule has 6 nitrogen and oxygen atoms in total. The third-order valence-corrected chi connectivity index (χ3v) is 4.50. The van der Waals surface area contributed by atoms with Crippen LogP contribution in [-0.4, -0.2) is 34.5 Å². The second kappa shape index (κ2) is 7.63. The van der Waals surface area contributed by atoms with Crippen LogP contribution in [0.25, 0.3) is 0 Å². The Kier molecular flexibility index (Phi) is 5.29. The largest absolute Gasteiger partial charge is 0.356 e. The average molecular weight is 362 g/mol. The Hall–Kier alpha value is -2.77. The molecule has 138 valence electrons. The number of carbonyl (C=O) groups excluding carboxylic acids is 2. The highest BCUT2D eigenvalue weighted by Crippen LogP contribution is 2.27. The molecule has 0 aliphatic carbocycles. The van der Waals surface area contributed by atoms with E-state index in [1.165, 1.54) is 11.0 Å². The Morgan fingerprint density at radius 3 is 2.88 bits per heavy atom. The number of anilines is 1. The molecule has 1 aliphatic heterocycles. The fraction of sp³-hybridized carbons (Fsp3) is 0.389. The molecular formula is C18H20F2N4O2. The summed E-state index contributed by atoms with van der Waals surface area (Å²) in [5.74, 6) is -1.72. The first-order chi connectivity index (χ1) is 12.5. The molecule has 1 aromatic heterocycles. The van der Waals surface area contributed by atoms with Gasteiger partial charge in [0.2, 0.25) is 11.8 Å². The number of imidazole rings is 1. The van der Waals surface area contributed by atoms with Gasteiger partial charge in [-0.1, -0.05) is 0 Å². The lowest BCUT2D eigenvalue weighted by Gasteiger charge is -2.17. The molecule has 1 fully saturated rings. The maximum absolute atomic E-state index is 13.9. The Morgan fingerprint density at radius 2 is 2.19 bits per heavy atom. The molecule has 8 heteroatoms. The third-order valence-electron chi connectivity index (χ3n) is 4.50. The van der Waals surface area contributed by atoms with Crippen LogP contribution in [0, 0.1) is 24.5 Å². The summed E-state index contributed by atoms with van der Waals surface area (Å²) in [6.07, 6.45) is 4.35. The Morgan fingerprint density at radius 1 is 1.38 bits per heavy atom. The van der Waals surface area contributed by atoms with Crippen LogP contribution in [0.15, 0.2) is 30.6 Å². The number of carbonyl (C=O) groups is 2. The number of hydrogen-bond acceptors (Lipinski definition) is 3. The number of halogens is 2. The second-order valence-electron chi connectivity index (χ2n) is 6.31. The standard InChI is InChI=1S/C18H20F2N4O2/c1-12-21-6-8-23(12)7-2-5-22-18(26)13-9-17(25)24(11-13)16-4-3-14(19)10-15(16)20/h3-4,6,8,10,13H,2,5,7,9,11H2,1H3,(H,22,26). The van der Waals surface area contributed by atoms with Gasteiger partial charge in [0.25, 0.3) is 0 Å². The van der Waals surface area contributed by atoms with E-state index >= 15 is 0 Å². The SMILES string of the molecule is Cc1nccn1CCCNC(=O)C1CC(=O)N(c2ccc(F)cc2F)C1. The van der Waals surface area contributed by atoms with Crippen molar-refractivity contribution in [3.05, 3.63) is 48.1 Å². The van der Waals surface area contributed by atoms with E-state index in [0.717, 1.165) is 30.9 Å². The first-order valence-electron chi connectivity index (χ1n) is 8.46. The first-order valence-corrected chi connectivity index (χ1v) is 8.46. The molecule has 0 saturated carbocycles. The smallest absolute Gasteiger partial charge is 0.227 e. The number of hydrogen-bond donors (Lipinski definition) is 1. The first kappa shape index (κ1) is 18.0. The molecule has 1 unspecified atom stereocenters. The minimum absolute atomic E-state index is 0.00211. The third kappa shape index (κ3) is 3.89. The molecule has 0 spiro atoms. The molecule has 1 aromatic carbocycles. The van der Waals surface area contributed by atoms with Crippen LogP contribution in [0.3, 0.4) is 0 Å². The molecule has 2 amide bonds. The number of aryl methyl sites for hydroxylation is 2. The Bertz CT molecular complexity index is 821. The lowest BCUT2D eigenvalue weighted by Crippen LogP contribution is -2.34. The van der Waals surface area contributed by atoms with E-state index in [-0.39, 0.29) is 30.5 Å². The van der Waals surface area contributed by atoms with Crippen LogP contribution >= 0.6 is 0 Å². The topological polar surface area (TPSA) is 67.2 Å². The van der Waals surface area contributed by atoms with Crippen LogP contribution in [-0.2, 0) is 16.1 Å². The summed E-state index contributed by atoms with van der Waals surface area (Å²) >= 11 is 0. The van der Waals surface area contributed by atoms with Gasteiger partial charge in [-0.3, -0.25) is 9.59 Å². The summed E-state index contributed by atoms with van der Waals surface area (Å²) in [4.78, 5) is 29.7. The van der Waals surface area contributed by atoms with Crippen molar-refractivity contribution < 1.29 is 18.4 Å². The van der Waals surface area contributed by atoms with Crippen molar-refractivity contribution in [3.63, 3.8) is 0 Å². The van der Waals surface area contributed by atoms with Gasteiger partial charge in [0, 0.05) is 44.5 Å². The van der Waals surface area contributed by atoms with Gasteiger partial charge in [0.05, 0.1) is 11.6 Å². The van der Waals surface area contributed by atoms with Crippen LogP contribution in [0.2, 0.25) is 0 Å². The molecule has 26 heavy (non-hydrogen) atoms. The highest BCUT2D eigenvalue weighted by Gasteiger charge is 2.36. The number of aromatic nitrogens is 2. The monoisotopic (exact) mass is 362 g/mol. The van der Waals surface area contributed by atoms with Crippen molar-refractivity contribution in [2.45, 2.75) is 26.3 Å². The molecule has 2 aromatic rings. The van der Waals surface area contributed by atoms with Crippen molar-refractivity contribution in [1.29, 1.82) is 0 Å². The molecule has 1 saturated heterocycles. The predicted octanol–water partition coefficient (Wildman–Crippen LogP) is 2.03. The highest BCUT2D eigenvalue weighted by molar-refractivity contribution is 6.00. The molecule has 1 aliphatic rings. The summed E-state index contributed by atoms with van der Waals surface area (Å²) in [6.45, 7) is 3.22. The predicted molar refractivity (Wildman–Crippen MR) is 91.4 cm³/mol. The zero-order chi connectivity index (χ0) is 18.7. The number of nitrogens with zero attached hydrogens (tertiary/aromatic N) is 3. The Balaban J connectivity index is 1.51. The van der Waals surface area contributed by atoms with E-state index in [4.69, 9.17) is 0 Å². The van der Waals surface area contributed by atoms with Gasteiger partial charge in [-0.25, -0.2) is 13.8 Å². The molecule has 1 N–H and O–H groups in total. The van der Waals surface area contributed by atoms with Crippen molar-refractivity contribution in [3.8, 4) is 0 Å². The van der Waals surface area contributed by atoms with Gasteiger partial charge in [0.15, 0.2) is 0 Å². The second-order valence-corrected chi connectivity index (χ2v) is 6.31. The van der Waals surface area contributed by atoms with Crippen LogP contribution in [0.4, 0.5) is 14.5 Å². The van der Waals surface area contributed by atoms with Crippen LogP contribution in [0.5, 0.6) is 0 Å². The normalized spacial score (nSPS) is 17.0. The van der Waals surface area contributed by atoms with Gasteiger partial charge in [-0.15, -0.1) is 0 Å². The average Bonchev–Trinajstić information content (AvgIpc) is 3.17. The maximum Gasteiger partial charge on any atom is 0.227 e. The molecule has 2 heterocycles. The van der Waals surface area contributed by atoms with E-state index in [1.54, 1.807) is 6.20 Å². The summed E-state index contributed by atoms with van der Waals surface area (Å²) < 4.78 is 28.9. The van der Waals surface area contributed by atoms with E-state index in [0.29, 0.717) is 6.54 Å². The molecule has 3 rings (SSSR count). The Labute approximate surface area is 149 Å². The van der Waals surface area contributed by atoms with E-state index in [1.807, 2.05) is 17.7 Å².